The molecule has 14 heteroatoms. The van der Waals surface area contributed by atoms with Crippen LogP contribution < -0.4 is 9.62 Å². The van der Waals surface area contributed by atoms with Gasteiger partial charge in [-0.25, -0.2) is 17.9 Å². The molecule has 37 heavy (non-hydrogen) atoms. The highest BCUT2D eigenvalue weighted by molar-refractivity contribution is 9.11. The van der Waals surface area contributed by atoms with Crippen molar-refractivity contribution in [3.05, 3.63) is 21.1 Å². The highest BCUT2D eigenvalue weighted by atomic mass is 79.9. The molecule has 2 heterocycles. The number of rotatable bonds is 8. The minimum Gasteiger partial charge on any atom is -0.475 e. The van der Waals surface area contributed by atoms with Gasteiger partial charge in [-0.2, -0.15) is 13.2 Å². The zero-order chi connectivity index (χ0) is 28.0. The first-order chi connectivity index (χ1) is 17.1. The van der Waals surface area contributed by atoms with Crippen molar-refractivity contribution < 1.29 is 36.2 Å². The number of carboxylic acid groups (broad SMARTS) is 1. The van der Waals surface area contributed by atoms with Gasteiger partial charge >= 0.3 is 12.1 Å². The summed E-state index contributed by atoms with van der Waals surface area (Å²) in [5.74, 6) is -2.76. The maximum Gasteiger partial charge on any atom is 0.490 e. The molecule has 0 saturated carbocycles. The average Bonchev–Trinajstić information content (AvgIpc) is 3.08. The molecule has 2 fully saturated rings. The summed E-state index contributed by atoms with van der Waals surface area (Å²) in [7, 11) is -1.98. The summed E-state index contributed by atoms with van der Waals surface area (Å²) in [4.78, 5) is 14.1. The van der Waals surface area contributed by atoms with Crippen LogP contribution in [-0.4, -0.2) is 83.1 Å². The van der Waals surface area contributed by atoms with Gasteiger partial charge in [0.25, 0.3) is 0 Å². The van der Waals surface area contributed by atoms with Crippen LogP contribution in [0.5, 0.6) is 0 Å². The highest BCUT2D eigenvalue weighted by Gasteiger charge is 2.38. The molecule has 2 aliphatic heterocycles. The van der Waals surface area contributed by atoms with Crippen molar-refractivity contribution in [2.45, 2.75) is 56.6 Å². The van der Waals surface area contributed by atoms with E-state index in [9.17, 15) is 21.6 Å². The van der Waals surface area contributed by atoms with E-state index in [1.807, 2.05) is 12.1 Å². The lowest BCUT2D eigenvalue weighted by molar-refractivity contribution is -0.192. The van der Waals surface area contributed by atoms with Gasteiger partial charge in [0.15, 0.2) is 0 Å². The summed E-state index contributed by atoms with van der Waals surface area (Å²) in [6, 6.07) is 4.49. The normalized spacial score (nSPS) is 19.1. The Morgan fingerprint density at radius 3 is 2.27 bits per heavy atom. The number of halogens is 5. The Bertz CT molecular complexity index is 1020. The fourth-order valence-corrected chi connectivity index (χ4v) is 8.07. The topological polar surface area (TPSA) is 99.2 Å². The van der Waals surface area contributed by atoms with Gasteiger partial charge in [-0.15, -0.1) is 0 Å². The average molecular weight is 681 g/mol. The third kappa shape index (κ3) is 9.64. The van der Waals surface area contributed by atoms with Crippen molar-refractivity contribution in [2.75, 3.05) is 51.3 Å². The van der Waals surface area contributed by atoms with E-state index in [4.69, 9.17) is 14.6 Å². The first-order valence-electron chi connectivity index (χ1n) is 11.8. The number of alkyl halides is 3. The van der Waals surface area contributed by atoms with Crippen LogP contribution >= 0.6 is 31.9 Å². The third-order valence-corrected chi connectivity index (χ3v) is 9.63. The lowest BCUT2D eigenvalue weighted by Crippen LogP contribution is -2.36. The maximum atomic E-state index is 13.0. The summed E-state index contributed by atoms with van der Waals surface area (Å²) < 4.78 is 66.8. The predicted molar refractivity (Wildman–Crippen MR) is 142 cm³/mol. The van der Waals surface area contributed by atoms with Crippen LogP contribution in [0.15, 0.2) is 26.0 Å². The lowest BCUT2D eigenvalue weighted by atomic mass is 9.91. The first kappa shape index (κ1) is 32.3. The van der Waals surface area contributed by atoms with Gasteiger partial charge in [-0.3, -0.25) is 4.90 Å². The molecule has 1 unspecified atom stereocenters. The van der Waals surface area contributed by atoms with Gasteiger partial charge in [0.05, 0.1) is 6.61 Å². The van der Waals surface area contributed by atoms with Crippen LogP contribution in [0.2, 0.25) is 0 Å². The van der Waals surface area contributed by atoms with E-state index in [0.717, 1.165) is 31.7 Å². The van der Waals surface area contributed by atoms with Gasteiger partial charge in [-0.05, 0) is 81.6 Å². The fourth-order valence-electron chi connectivity index (χ4n) is 4.49. The smallest absolute Gasteiger partial charge is 0.475 e. The number of anilines is 1. The van der Waals surface area contributed by atoms with E-state index in [-0.39, 0.29) is 10.3 Å². The second kappa shape index (κ2) is 13.4. The highest BCUT2D eigenvalue weighted by Crippen LogP contribution is 2.36. The molecule has 0 aliphatic carbocycles. The van der Waals surface area contributed by atoms with E-state index in [2.05, 4.69) is 60.2 Å². The number of aliphatic carboxylic acids is 1. The third-order valence-electron chi connectivity index (χ3n) is 6.29. The monoisotopic (exact) mass is 679 g/mol. The van der Waals surface area contributed by atoms with Crippen molar-refractivity contribution in [3.63, 3.8) is 0 Å². The van der Waals surface area contributed by atoms with Crippen molar-refractivity contribution in [2.24, 2.45) is 5.41 Å². The number of nitrogens with zero attached hydrogens (tertiary/aromatic N) is 2. The summed E-state index contributed by atoms with van der Waals surface area (Å²) in [5, 5.41) is 7.12. The van der Waals surface area contributed by atoms with Crippen LogP contribution in [-0.2, 0) is 19.6 Å². The molecule has 0 bridgehead atoms. The molecule has 1 atom stereocenters. The molecule has 2 saturated heterocycles. The number of methoxy groups -OCH3 is 1. The van der Waals surface area contributed by atoms with Gasteiger partial charge in [0.1, 0.15) is 4.90 Å². The molecule has 0 spiro atoms. The standard InChI is InChI=1S/C21H33Br2N3O3S.C2HF3O2/c1-21(2,15-29-3)7-8-24-30(27,28)20-18(22)12-17(13-19(20)23)26-11-5-10-25-9-4-6-16(25)14-26;3-2(4,5)1(6)7/h12-13,16,24H,4-11,14-15H2,1-3H3;(H,6,7). The number of nitrogens with one attached hydrogen (secondary N) is 1. The molecule has 8 nitrogen and oxygen atoms in total. The van der Waals surface area contributed by atoms with E-state index < -0.39 is 22.2 Å². The van der Waals surface area contributed by atoms with Crippen LogP contribution in [0.3, 0.4) is 0 Å². The number of sulfonamides is 1. The van der Waals surface area contributed by atoms with Gasteiger partial charge in [-0.1, -0.05) is 13.8 Å². The van der Waals surface area contributed by atoms with Crippen LogP contribution in [0, 0.1) is 5.41 Å². The number of fused-ring (bicyclic) bond motifs is 1. The van der Waals surface area contributed by atoms with Gasteiger partial charge in [0, 0.05) is 54.0 Å². The van der Waals surface area contributed by atoms with Crippen LogP contribution in [0.1, 0.15) is 39.5 Å². The van der Waals surface area contributed by atoms with Crippen molar-refractivity contribution in [3.8, 4) is 0 Å². The van der Waals surface area contributed by atoms with E-state index in [0.29, 0.717) is 34.6 Å². The zero-order valence-corrected chi connectivity index (χ0v) is 25.1. The number of hydrogen-bond acceptors (Lipinski definition) is 6. The van der Waals surface area contributed by atoms with Crippen LogP contribution in [0.25, 0.3) is 0 Å². The SMILES string of the molecule is COCC(C)(C)CCNS(=O)(=O)c1c(Br)cc(N2CCCN3CCCC3C2)cc1Br.O=C(O)C(F)(F)F. The van der Waals surface area contributed by atoms with Crippen molar-refractivity contribution in [1.29, 1.82) is 0 Å². The molecule has 0 aromatic heterocycles. The quantitative estimate of drug-likeness (QED) is 0.405. The predicted octanol–water partition coefficient (Wildman–Crippen LogP) is 4.86. The van der Waals surface area contributed by atoms with E-state index in [1.165, 1.54) is 19.4 Å². The summed E-state index contributed by atoms with van der Waals surface area (Å²) in [6.07, 6.45) is -0.742. The zero-order valence-electron chi connectivity index (χ0n) is 21.1. The van der Waals surface area contributed by atoms with E-state index >= 15 is 0 Å². The Kier molecular flexibility index (Phi) is 11.7. The van der Waals surface area contributed by atoms with Crippen LogP contribution in [0.4, 0.5) is 18.9 Å². The second-order valence-electron chi connectivity index (χ2n) is 9.92. The Hall–Kier alpha value is -0.930. The molecular formula is C23H34Br2F3N3O5S. The molecule has 0 amide bonds. The number of hydrogen-bond donors (Lipinski definition) is 2. The Morgan fingerprint density at radius 1 is 1.16 bits per heavy atom. The summed E-state index contributed by atoms with van der Waals surface area (Å²) in [6.45, 7) is 9.43. The maximum absolute atomic E-state index is 13.0. The number of ether oxygens (including phenoxy) is 1. The minimum absolute atomic E-state index is 0.0868. The Morgan fingerprint density at radius 2 is 1.73 bits per heavy atom. The summed E-state index contributed by atoms with van der Waals surface area (Å²) >= 11 is 7.05. The van der Waals surface area contributed by atoms with E-state index in [1.54, 1.807) is 7.11 Å². The molecule has 2 N–H and O–H groups in total. The van der Waals surface area contributed by atoms with Crippen molar-refractivity contribution >= 4 is 53.5 Å². The molecule has 2 aliphatic rings. The molecular weight excluding hydrogens is 647 g/mol. The number of carboxylic acids is 1. The van der Waals surface area contributed by atoms with Gasteiger partial charge in [0.2, 0.25) is 10.0 Å². The molecule has 0 radical (unpaired) electrons. The Labute approximate surface area is 233 Å². The second-order valence-corrected chi connectivity index (χ2v) is 13.3. The molecule has 212 valence electrons. The lowest BCUT2D eigenvalue weighted by Gasteiger charge is -2.28. The molecule has 3 rings (SSSR count). The molecule has 1 aromatic carbocycles. The van der Waals surface area contributed by atoms with Gasteiger partial charge < -0.3 is 14.7 Å². The fraction of sp³-hybridized carbons (Fsp3) is 0.696. The largest absolute Gasteiger partial charge is 0.490 e. The number of benzene rings is 1. The number of carbonyl (C=O) groups is 1. The summed E-state index contributed by atoms with van der Waals surface area (Å²) in [5.41, 5.74) is 0.971. The molecule has 1 aromatic rings. The Balaban J connectivity index is 0.000000604. The minimum atomic E-state index is -5.08. The van der Waals surface area contributed by atoms with Crippen molar-refractivity contribution in [1.82, 2.24) is 9.62 Å². The first-order valence-corrected chi connectivity index (χ1v) is 14.9.